The van der Waals surface area contributed by atoms with Gasteiger partial charge in [0.15, 0.2) is 0 Å². The Morgan fingerprint density at radius 3 is 2.38 bits per heavy atom. The molecule has 29 heavy (non-hydrogen) atoms. The quantitative estimate of drug-likeness (QED) is 0.412. The van der Waals surface area contributed by atoms with Crippen molar-refractivity contribution in [3.05, 3.63) is 65.7 Å². The Hall–Kier alpha value is -2.29. The average molecular weight is 396 g/mol. The van der Waals surface area contributed by atoms with Crippen molar-refractivity contribution in [2.75, 3.05) is 6.54 Å². The molecule has 1 atom stereocenters. The number of benzene rings is 2. The third-order valence-corrected chi connectivity index (χ3v) is 5.17. The number of hydrogen-bond donors (Lipinski definition) is 0. The lowest BCUT2D eigenvalue weighted by Crippen LogP contribution is -2.38. The molecule has 0 N–H and O–H groups in total. The van der Waals surface area contributed by atoms with Crippen LogP contribution >= 0.6 is 0 Å². The van der Waals surface area contributed by atoms with Crippen LogP contribution in [0.4, 0.5) is 0 Å². The van der Waals surface area contributed by atoms with Gasteiger partial charge in [-0.05, 0) is 42.0 Å². The summed E-state index contributed by atoms with van der Waals surface area (Å²) < 4.78 is 5.97. The number of amides is 1. The minimum atomic E-state index is 0.131. The van der Waals surface area contributed by atoms with Crippen molar-refractivity contribution in [3.8, 4) is 5.75 Å². The summed E-state index contributed by atoms with van der Waals surface area (Å²) in [5, 5.41) is 0. The first kappa shape index (κ1) is 23.0. The SMILES string of the molecule is CCCCC(CC)C(=O)N(Cc1cccc(OCc2ccccc2)c1)CC(C)C. The molecule has 0 saturated heterocycles. The number of carbonyl (C=O) groups excluding carboxylic acids is 1. The highest BCUT2D eigenvalue weighted by atomic mass is 16.5. The molecule has 1 unspecified atom stereocenters. The predicted molar refractivity (Wildman–Crippen MR) is 121 cm³/mol. The van der Waals surface area contributed by atoms with Gasteiger partial charge < -0.3 is 9.64 Å². The molecule has 0 aliphatic heterocycles. The van der Waals surface area contributed by atoms with Gasteiger partial charge in [0.1, 0.15) is 12.4 Å². The maximum atomic E-state index is 13.2. The molecule has 3 heteroatoms. The normalized spacial score (nSPS) is 12.0. The fraction of sp³-hybridized carbons (Fsp3) is 0.500. The number of unbranched alkanes of at least 4 members (excludes halogenated alkanes) is 1. The maximum absolute atomic E-state index is 13.2. The van der Waals surface area contributed by atoms with E-state index in [-0.39, 0.29) is 5.92 Å². The number of carbonyl (C=O) groups is 1. The molecule has 2 aromatic carbocycles. The summed E-state index contributed by atoms with van der Waals surface area (Å²) in [5.41, 5.74) is 2.27. The molecule has 2 aromatic rings. The van der Waals surface area contributed by atoms with Crippen LogP contribution in [-0.4, -0.2) is 17.4 Å². The van der Waals surface area contributed by atoms with Gasteiger partial charge in [0.2, 0.25) is 5.91 Å². The van der Waals surface area contributed by atoms with Crippen LogP contribution in [0.2, 0.25) is 0 Å². The molecule has 0 heterocycles. The van der Waals surface area contributed by atoms with Crippen molar-refractivity contribution in [2.45, 2.75) is 66.5 Å². The van der Waals surface area contributed by atoms with E-state index in [0.29, 0.717) is 25.0 Å². The molecule has 0 aliphatic carbocycles. The fourth-order valence-corrected chi connectivity index (χ4v) is 3.58. The molecule has 0 spiro atoms. The Kier molecular flexibility index (Phi) is 9.76. The van der Waals surface area contributed by atoms with Crippen LogP contribution in [0.1, 0.15) is 64.5 Å². The van der Waals surface area contributed by atoms with Gasteiger partial charge in [0.05, 0.1) is 0 Å². The second-order valence-corrected chi connectivity index (χ2v) is 8.28. The lowest BCUT2D eigenvalue weighted by molar-refractivity contribution is -0.137. The van der Waals surface area contributed by atoms with Crippen LogP contribution in [0.25, 0.3) is 0 Å². The lowest BCUT2D eigenvalue weighted by atomic mass is 9.97. The van der Waals surface area contributed by atoms with Gasteiger partial charge in [0, 0.05) is 19.0 Å². The topological polar surface area (TPSA) is 29.5 Å². The average Bonchev–Trinajstić information content (AvgIpc) is 2.73. The molecular weight excluding hydrogens is 358 g/mol. The van der Waals surface area contributed by atoms with Crippen molar-refractivity contribution in [1.29, 1.82) is 0 Å². The minimum absolute atomic E-state index is 0.131. The summed E-state index contributed by atoms with van der Waals surface area (Å²) in [6.45, 7) is 10.6. The molecule has 0 bridgehead atoms. The van der Waals surface area contributed by atoms with E-state index < -0.39 is 0 Å². The van der Waals surface area contributed by atoms with Gasteiger partial charge in [0.25, 0.3) is 0 Å². The summed E-state index contributed by atoms with van der Waals surface area (Å²) in [5.74, 6) is 1.72. The summed E-state index contributed by atoms with van der Waals surface area (Å²) in [6, 6.07) is 18.3. The zero-order chi connectivity index (χ0) is 21.1. The highest BCUT2D eigenvalue weighted by Gasteiger charge is 2.23. The number of hydrogen-bond acceptors (Lipinski definition) is 2. The molecule has 0 saturated carbocycles. The molecule has 158 valence electrons. The molecule has 2 rings (SSSR count). The monoisotopic (exact) mass is 395 g/mol. The standard InChI is InChI=1S/C26H37NO2/c1-5-7-15-24(6-2)26(28)27(18-21(3)4)19-23-14-11-16-25(17-23)29-20-22-12-9-8-10-13-22/h8-14,16-17,21,24H,5-7,15,18-20H2,1-4H3. The Labute approximate surface area is 177 Å². The summed E-state index contributed by atoms with van der Waals surface area (Å²) in [6.07, 6.45) is 4.14. The lowest BCUT2D eigenvalue weighted by Gasteiger charge is -2.29. The van der Waals surface area contributed by atoms with Crippen LogP contribution in [0.3, 0.4) is 0 Å². The van der Waals surface area contributed by atoms with Crippen molar-refractivity contribution < 1.29 is 9.53 Å². The van der Waals surface area contributed by atoms with Crippen molar-refractivity contribution in [3.63, 3.8) is 0 Å². The van der Waals surface area contributed by atoms with Gasteiger partial charge in [-0.1, -0.05) is 83.0 Å². The fourth-order valence-electron chi connectivity index (χ4n) is 3.58. The van der Waals surface area contributed by atoms with Gasteiger partial charge in [-0.2, -0.15) is 0 Å². The summed E-state index contributed by atoms with van der Waals surface area (Å²) >= 11 is 0. The van der Waals surface area contributed by atoms with E-state index in [9.17, 15) is 4.79 Å². The van der Waals surface area contributed by atoms with Crippen molar-refractivity contribution >= 4 is 5.91 Å². The van der Waals surface area contributed by atoms with E-state index in [1.54, 1.807) is 0 Å². The largest absolute Gasteiger partial charge is 0.489 e. The van der Waals surface area contributed by atoms with E-state index in [2.05, 4.69) is 52.0 Å². The van der Waals surface area contributed by atoms with Gasteiger partial charge in [-0.15, -0.1) is 0 Å². The van der Waals surface area contributed by atoms with Crippen LogP contribution in [-0.2, 0) is 17.9 Å². The number of rotatable bonds is 12. The molecule has 1 amide bonds. The van der Waals surface area contributed by atoms with E-state index in [4.69, 9.17) is 4.74 Å². The molecule has 0 aliphatic rings. The molecule has 0 radical (unpaired) electrons. The third-order valence-electron chi connectivity index (χ3n) is 5.17. The van der Waals surface area contributed by atoms with Crippen LogP contribution in [0.5, 0.6) is 5.75 Å². The first-order chi connectivity index (χ1) is 14.0. The first-order valence-electron chi connectivity index (χ1n) is 11.1. The zero-order valence-corrected chi connectivity index (χ0v) is 18.6. The second-order valence-electron chi connectivity index (χ2n) is 8.28. The van der Waals surface area contributed by atoms with E-state index >= 15 is 0 Å². The van der Waals surface area contributed by atoms with Gasteiger partial charge in [-0.25, -0.2) is 0 Å². The smallest absolute Gasteiger partial charge is 0.225 e. The Morgan fingerprint density at radius 2 is 1.72 bits per heavy atom. The van der Waals surface area contributed by atoms with Crippen LogP contribution < -0.4 is 4.74 Å². The predicted octanol–water partition coefficient (Wildman–Crippen LogP) is 6.47. The third kappa shape index (κ3) is 7.92. The van der Waals surface area contributed by atoms with E-state index in [1.165, 1.54) is 0 Å². The van der Waals surface area contributed by atoms with Crippen LogP contribution in [0, 0.1) is 11.8 Å². The Balaban J connectivity index is 2.06. The maximum Gasteiger partial charge on any atom is 0.225 e. The van der Waals surface area contributed by atoms with Crippen molar-refractivity contribution in [1.82, 2.24) is 4.90 Å². The Morgan fingerprint density at radius 1 is 1.00 bits per heavy atom. The number of ether oxygens (including phenoxy) is 1. The Bertz CT molecular complexity index is 726. The first-order valence-corrected chi connectivity index (χ1v) is 11.1. The second kappa shape index (κ2) is 12.3. The van der Waals surface area contributed by atoms with Crippen molar-refractivity contribution in [2.24, 2.45) is 11.8 Å². The van der Waals surface area contributed by atoms with E-state index in [1.807, 2.05) is 35.2 Å². The molecule has 0 fully saturated rings. The number of nitrogens with zero attached hydrogens (tertiary/aromatic N) is 1. The van der Waals surface area contributed by atoms with Gasteiger partial charge >= 0.3 is 0 Å². The van der Waals surface area contributed by atoms with Crippen LogP contribution in [0.15, 0.2) is 54.6 Å². The van der Waals surface area contributed by atoms with Gasteiger partial charge in [-0.3, -0.25) is 4.79 Å². The van der Waals surface area contributed by atoms with E-state index in [0.717, 1.165) is 49.1 Å². The molecule has 0 aromatic heterocycles. The molecule has 3 nitrogen and oxygen atoms in total. The minimum Gasteiger partial charge on any atom is -0.489 e. The summed E-state index contributed by atoms with van der Waals surface area (Å²) in [7, 11) is 0. The zero-order valence-electron chi connectivity index (χ0n) is 18.6. The highest BCUT2D eigenvalue weighted by molar-refractivity contribution is 5.78. The summed E-state index contributed by atoms with van der Waals surface area (Å²) in [4.78, 5) is 15.3. The highest BCUT2D eigenvalue weighted by Crippen LogP contribution is 2.21. The molecular formula is C26H37NO2.